The van der Waals surface area contributed by atoms with Crippen molar-refractivity contribution in [2.24, 2.45) is 5.41 Å². The van der Waals surface area contributed by atoms with Gasteiger partial charge < -0.3 is 0 Å². The molecule has 0 spiro atoms. The Morgan fingerprint density at radius 2 is 2.00 bits per heavy atom. The van der Waals surface area contributed by atoms with Crippen LogP contribution < -0.4 is 0 Å². The van der Waals surface area contributed by atoms with Crippen LogP contribution in [0.15, 0.2) is 12.1 Å². The molecule has 0 atom stereocenters. The lowest BCUT2D eigenvalue weighted by Crippen LogP contribution is -2.18. The molecule has 0 amide bonds. The van der Waals surface area contributed by atoms with Crippen molar-refractivity contribution in [3.8, 4) is 0 Å². The Morgan fingerprint density at radius 3 is 2.64 bits per heavy atom. The summed E-state index contributed by atoms with van der Waals surface area (Å²) in [4.78, 5) is 11.9. The summed E-state index contributed by atoms with van der Waals surface area (Å²) in [5, 5.41) is 0. The molecule has 0 fully saturated rings. The van der Waals surface area contributed by atoms with E-state index < -0.39 is 0 Å². The Balaban J connectivity index is 2.65. The van der Waals surface area contributed by atoms with Gasteiger partial charge in [-0.1, -0.05) is 13.8 Å². The first-order chi connectivity index (χ1) is 6.42. The van der Waals surface area contributed by atoms with Crippen LogP contribution >= 0.6 is 0 Å². The summed E-state index contributed by atoms with van der Waals surface area (Å²) < 4.78 is 13.1. The van der Waals surface area contributed by atoms with Gasteiger partial charge in [0.05, 0.1) is 0 Å². The van der Waals surface area contributed by atoms with E-state index >= 15 is 0 Å². The first-order valence-electron chi connectivity index (χ1n) is 4.75. The van der Waals surface area contributed by atoms with Gasteiger partial charge in [-0.25, -0.2) is 4.39 Å². The monoisotopic (exact) mass is 192 g/mol. The SMILES string of the molecule is Cc1cc(F)cc2c1CC(C)(C)C2=O. The van der Waals surface area contributed by atoms with Crippen LogP contribution in [0.2, 0.25) is 0 Å². The minimum Gasteiger partial charge on any atom is -0.294 e. The van der Waals surface area contributed by atoms with Gasteiger partial charge in [0.15, 0.2) is 5.78 Å². The molecule has 1 aromatic rings. The summed E-state index contributed by atoms with van der Waals surface area (Å²) >= 11 is 0. The third kappa shape index (κ3) is 1.17. The molecule has 74 valence electrons. The molecule has 0 saturated heterocycles. The predicted molar refractivity (Wildman–Crippen MR) is 53.0 cm³/mol. The Kier molecular flexibility index (Phi) is 1.78. The predicted octanol–water partition coefficient (Wildman–Crippen LogP) is 2.90. The first kappa shape index (κ1) is 9.38. The molecule has 0 N–H and O–H groups in total. The maximum Gasteiger partial charge on any atom is 0.169 e. The summed E-state index contributed by atoms with van der Waals surface area (Å²) in [6.07, 6.45) is 0.729. The normalized spacial score (nSPS) is 18.4. The lowest BCUT2D eigenvalue weighted by molar-refractivity contribution is 0.0863. The summed E-state index contributed by atoms with van der Waals surface area (Å²) in [6, 6.07) is 2.85. The molecule has 2 rings (SSSR count). The van der Waals surface area contributed by atoms with Crippen LogP contribution in [0.4, 0.5) is 4.39 Å². The van der Waals surface area contributed by atoms with Crippen molar-refractivity contribution in [3.63, 3.8) is 0 Å². The highest BCUT2D eigenvalue weighted by molar-refractivity contribution is 6.04. The third-order valence-electron chi connectivity index (χ3n) is 2.92. The van der Waals surface area contributed by atoms with Crippen molar-refractivity contribution in [2.75, 3.05) is 0 Å². The topological polar surface area (TPSA) is 17.1 Å². The minimum atomic E-state index is -0.360. The number of benzene rings is 1. The second kappa shape index (κ2) is 2.66. The van der Waals surface area contributed by atoms with Crippen LogP contribution in [-0.2, 0) is 6.42 Å². The first-order valence-corrected chi connectivity index (χ1v) is 4.75. The van der Waals surface area contributed by atoms with Gasteiger partial charge in [-0.15, -0.1) is 0 Å². The molecule has 0 unspecified atom stereocenters. The number of fused-ring (bicyclic) bond motifs is 1. The summed E-state index contributed by atoms with van der Waals surface area (Å²) in [7, 11) is 0. The van der Waals surface area contributed by atoms with E-state index in [0.717, 1.165) is 17.5 Å². The third-order valence-corrected chi connectivity index (χ3v) is 2.92. The van der Waals surface area contributed by atoms with Crippen molar-refractivity contribution in [1.29, 1.82) is 0 Å². The molecule has 1 aromatic carbocycles. The Labute approximate surface area is 82.9 Å². The highest BCUT2D eigenvalue weighted by atomic mass is 19.1. The van der Waals surface area contributed by atoms with E-state index in [2.05, 4.69) is 0 Å². The van der Waals surface area contributed by atoms with Crippen LogP contribution in [0, 0.1) is 18.2 Å². The van der Waals surface area contributed by atoms with Gasteiger partial charge in [-0.05, 0) is 36.6 Å². The molecule has 2 heteroatoms. The van der Waals surface area contributed by atoms with Crippen LogP contribution in [0.25, 0.3) is 0 Å². The number of carbonyl (C=O) groups is 1. The molecule has 0 aromatic heterocycles. The van der Waals surface area contributed by atoms with Gasteiger partial charge >= 0.3 is 0 Å². The van der Waals surface area contributed by atoms with Gasteiger partial charge in [-0.3, -0.25) is 4.79 Å². The molecule has 1 nitrogen and oxygen atoms in total. The number of ketones is 1. The molecule has 0 aliphatic heterocycles. The van der Waals surface area contributed by atoms with Gasteiger partial charge in [-0.2, -0.15) is 0 Å². The molecular formula is C12H13FO. The number of halogens is 1. The van der Waals surface area contributed by atoms with E-state index in [4.69, 9.17) is 0 Å². The molecule has 1 aliphatic carbocycles. The fraction of sp³-hybridized carbons (Fsp3) is 0.417. The minimum absolute atomic E-state index is 0.0649. The van der Waals surface area contributed by atoms with Crippen LogP contribution in [0.5, 0.6) is 0 Å². The zero-order chi connectivity index (χ0) is 10.5. The van der Waals surface area contributed by atoms with Gasteiger partial charge in [0.2, 0.25) is 0 Å². The molecule has 0 saturated carbocycles. The number of Topliss-reactive ketones (excluding diaryl/α,β-unsaturated/α-hetero) is 1. The molecule has 0 heterocycles. The van der Waals surface area contributed by atoms with E-state index in [9.17, 15) is 9.18 Å². The van der Waals surface area contributed by atoms with Crippen molar-refractivity contribution in [1.82, 2.24) is 0 Å². The second-order valence-corrected chi connectivity index (χ2v) is 4.64. The highest BCUT2D eigenvalue weighted by Crippen LogP contribution is 2.37. The molecule has 1 aliphatic rings. The van der Waals surface area contributed by atoms with E-state index in [0.29, 0.717) is 5.56 Å². The number of hydrogen-bond acceptors (Lipinski definition) is 1. The van der Waals surface area contributed by atoms with Crippen LogP contribution in [0.3, 0.4) is 0 Å². The van der Waals surface area contributed by atoms with Gasteiger partial charge in [0, 0.05) is 11.0 Å². The highest BCUT2D eigenvalue weighted by Gasteiger charge is 2.38. The lowest BCUT2D eigenvalue weighted by atomic mass is 9.89. The number of rotatable bonds is 0. The molecule has 0 radical (unpaired) electrons. The summed E-state index contributed by atoms with van der Waals surface area (Å²) in [5.41, 5.74) is 2.12. The lowest BCUT2D eigenvalue weighted by Gasteiger charge is -2.13. The largest absolute Gasteiger partial charge is 0.294 e. The second-order valence-electron chi connectivity index (χ2n) is 4.64. The van der Waals surface area contributed by atoms with Crippen molar-refractivity contribution in [3.05, 3.63) is 34.6 Å². The van der Waals surface area contributed by atoms with E-state index in [1.54, 1.807) is 0 Å². The van der Waals surface area contributed by atoms with Crippen molar-refractivity contribution in [2.45, 2.75) is 27.2 Å². The van der Waals surface area contributed by atoms with Crippen molar-refractivity contribution >= 4 is 5.78 Å². The Morgan fingerprint density at radius 1 is 1.36 bits per heavy atom. The van der Waals surface area contributed by atoms with E-state index in [1.165, 1.54) is 12.1 Å². The average molecular weight is 192 g/mol. The molecule has 14 heavy (non-hydrogen) atoms. The summed E-state index contributed by atoms with van der Waals surface area (Å²) in [6.45, 7) is 5.68. The fourth-order valence-electron chi connectivity index (χ4n) is 2.10. The zero-order valence-electron chi connectivity index (χ0n) is 8.65. The molecule has 0 bridgehead atoms. The van der Waals surface area contributed by atoms with Crippen LogP contribution in [-0.4, -0.2) is 5.78 Å². The molecular weight excluding hydrogens is 179 g/mol. The number of hydrogen-bond donors (Lipinski definition) is 0. The van der Waals surface area contributed by atoms with E-state index in [-0.39, 0.29) is 17.0 Å². The van der Waals surface area contributed by atoms with E-state index in [1.807, 2.05) is 20.8 Å². The number of carbonyl (C=O) groups excluding carboxylic acids is 1. The zero-order valence-corrected chi connectivity index (χ0v) is 8.65. The smallest absolute Gasteiger partial charge is 0.169 e. The van der Waals surface area contributed by atoms with Gasteiger partial charge in [0.1, 0.15) is 5.82 Å². The average Bonchev–Trinajstić information content (AvgIpc) is 2.28. The quantitative estimate of drug-likeness (QED) is 0.617. The maximum absolute atomic E-state index is 13.1. The maximum atomic E-state index is 13.1. The van der Waals surface area contributed by atoms with Crippen molar-refractivity contribution < 1.29 is 9.18 Å². The standard InChI is InChI=1S/C12H13FO/c1-7-4-8(13)5-9-10(7)6-12(2,3)11(9)14/h4-5H,6H2,1-3H3. The van der Waals surface area contributed by atoms with Gasteiger partial charge in [0.25, 0.3) is 0 Å². The fourth-order valence-corrected chi connectivity index (χ4v) is 2.10. The Hall–Kier alpha value is -1.18. The summed E-state index contributed by atoms with van der Waals surface area (Å²) in [5.74, 6) is -0.248. The number of aryl methyl sites for hydroxylation is 1. The Bertz CT molecular complexity index is 419. The van der Waals surface area contributed by atoms with Crippen LogP contribution in [0.1, 0.15) is 35.3 Å².